The van der Waals surface area contributed by atoms with Crippen LogP contribution in [-0.2, 0) is 13.1 Å². The van der Waals surface area contributed by atoms with Gasteiger partial charge >= 0.3 is 0 Å². The number of amides is 2. The lowest BCUT2D eigenvalue weighted by molar-refractivity contribution is 0.0711. The van der Waals surface area contributed by atoms with Gasteiger partial charge in [-0.05, 0) is 53.1 Å². The molecule has 0 spiro atoms. The average molecular weight is 504 g/mol. The molecule has 1 aliphatic heterocycles. The molecule has 2 amide bonds. The molecule has 0 aliphatic carbocycles. The molecule has 0 saturated carbocycles. The minimum Gasteiger partial charge on any atom is -0.357 e. The van der Waals surface area contributed by atoms with Crippen molar-refractivity contribution in [2.24, 2.45) is 0 Å². The van der Waals surface area contributed by atoms with Gasteiger partial charge in [0.25, 0.3) is 11.8 Å². The largest absolute Gasteiger partial charge is 0.357 e. The zero-order valence-corrected chi connectivity index (χ0v) is 21.4. The van der Waals surface area contributed by atoms with E-state index in [9.17, 15) is 9.59 Å². The van der Waals surface area contributed by atoms with Crippen molar-refractivity contribution in [1.82, 2.24) is 19.7 Å². The Kier molecular flexibility index (Phi) is 6.04. The number of nitrogens with zero attached hydrogens (tertiary/aromatic N) is 3. The predicted octanol–water partition coefficient (Wildman–Crippen LogP) is 5.73. The van der Waals surface area contributed by atoms with E-state index < -0.39 is 0 Å². The van der Waals surface area contributed by atoms with Gasteiger partial charge in [-0.1, -0.05) is 61.5 Å². The summed E-state index contributed by atoms with van der Waals surface area (Å²) in [6.07, 6.45) is 1.75. The van der Waals surface area contributed by atoms with Crippen LogP contribution < -0.4 is 5.32 Å². The number of anilines is 1. The Hall–Kier alpha value is -4.65. The number of hydrogen-bond donors (Lipinski definition) is 2. The summed E-state index contributed by atoms with van der Waals surface area (Å²) in [4.78, 5) is 31.6. The third-order valence-electron chi connectivity index (χ3n) is 7.21. The van der Waals surface area contributed by atoms with Crippen LogP contribution in [0.5, 0.6) is 0 Å². The number of aromatic amines is 1. The fourth-order valence-electron chi connectivity index (χ4n) is 5.49. The molecule has 0 fully saturated rings. The van der Waals surface area contributed by atoms with Gasteiger partial charge in [-0.25, -0.2) is 0 Å². The van der Waals surface area contributed by atoms with E-state index in [1.165, 1.54) is 5.39 Å². The van der Waals surface area contributed by atoms with E-state index in [4.69, 9.17) is 5.10 Å². The van der Waals surface area contributed by atoms with Gasteiger partial charge < -0.3 is 15.2 Å². The highest BCUT2D eigenvalue weighted by atomic mass is 16.2. The van der Waals surface area contributed by atoms with Crippen LogP contribution in [0.4, 0.5) is 5.69 Å². The lowest BCUT2D eigenvalue weighted by atomic mass is 9.95. The smallest absolute Gasteiger partial charge is 0.276 e. The summed E-state index contributed by atoms with van der Waals surface area (Å²) in [5.74, 6) is -0.357. The van der Waals surface area contributed by atoms with E-state index in [0.29, 0.717) is 31.0 Å². The van der Waals surface area contributed by atoms with Crippen LogP contribution in [-0.4, -0.2) is 38.0 Å². The summed E-state index contributed by atoms with van der Waals surface area (Å²) in [6, 6.07) is 25.9. The summed E-state index contributed by atoms with van der Waals surface area (Å²) in [5.41, 5.74) is 5.61. The normalized spacial score (nSPS) is 14.9. The maximum atomic E-state index is 13.6. The number of fused-ring (bicyclic) bond motifs is 2. The molecule has 3 heterocycles. The van der Waals surface area contributed by atoms with Gasteiger partial charge in [0, 0.05) is 35.6 Å². The number of aromatic nitrogens is 3. The summed E-state index contributed by atoms with van der Waals surface area (Å²) in [6.45, 7) is 5.49. The number of H-pyrrole nitrogens is 1. The Bertz CT molecular complexity index is 1650. The molecule has 6 rings (SSSR count). The Labute approximate surface area is 221 Å². The van der Waals surface area contributed by atoms with Crippen LogP contribution >= 0.6 is 0 Å². The number of rotatable bonds is 5. The molecule has 190 valence electrons. The monoisotopic (exact) mass is 503 g/mol. The first-order chi connectivity index (χ1) is 18.5. The van der Waals surface area contributed by atoms with Crippen LogP contribution in [0.3, 0.4) is 0 Å². The van der Waals surface area contributed by atoms with Crippen molar-refractivity contribution in [3.8, 4) is 0 Å². The maximum Gasteiger partial charge on any atom is 0.276 e. The van der Waals surface area contributed by atoms with Crippen molar-refractivity contribution in [2.45, 2.75) is 32.9 Å². The topological polar surface area (TPSA) is 83.0 Å². The molecule has 0 saturated heterocycles. The number of benzene rings is 3. The van der Waals surface area contributed by atoms with Crippen LogP contribution in [0.15, 0.2) is 85.1 Å². The first kappa shape index (κ1) is 23.7. The van der Waals surface area contributed by atoms with Crippen LogP contribution in [0.2, 0.25) is 0 Å². The van der Waals surface area contributed by atoms with Gasteiger partial charge in [0.2, 0.25) is 0 Å². The number of nitrogens with one attached hydrogen (secondary N) is 2. The van der Waals surface area contributed by atoms with Gasteiger partial charge in [0.1, 0.15) is 5.69 Å². The van der Waals surface area contributed by atoms with Gasteiger partial charge in [0.05, 0.1) is 13.1 Å². The minimum absolute atomic E-state index is 0.000610. The van der Waals surface area contributed by atoms with Crippen molar-refractivity contribution in [3.05, 3.63) is 119 Å². The quantitative estimate of drug-likeness (QED) is 0.321. The molecule has 0 bridgehead atoms. The highest BCUT2D eigenvalue weighted by Crippen LogP contribution is 2.33. The van der Waals surface area contributed by atoms with Crippen molar-refractivity contribution < 1.29 is 9.59 Å². The highest BCUT2D eigenvalue weighted by molar-refractivity contribution is 6.04. The molecule has 5 aromatic rings. The van der Waals surface area contributed by atoms with E-state index in [1.54, 1.807) is 17.2 Å². The summed E-state index contributed by atoms with van der Waals surface area (Å²) in [5, 5.41) is 10.2. The second-order valence-corrected chi connectivity index (χ2v) is 10.0. The molecule has 2 aromatic heterocycles. The average Bonchev–Trinajstić information content (AvgIpc) is 3.58. The Morgan fingerprint density at radius 3 is 2.66 bits per heavy atom. The number of carbonyl (C=O) groups excluding carboxylic acids is 2. The molecule has 7 nitrogen and oxygen atoms in total. The molecule has 3 aromatic carbocycles. The molecule has 7 heteroatoms. The zero-order valence-electron chi connectivity index (χ0n) is 21.4. The summed E-state index contributed by atoms with van der Waals surface area (Å²) in [7, 11) is 0. The predicted molar refractivity (Wildman–Crippen MR) is 148 cm³/mol. The first-order valence-electron chi connectivity index (χ1n) is 12.8. The fraction of sp³-hybridized carbons (Fsp3) is 0.194. The molecule has 0 unspecified atom stereocenters. The van der Waals surface area contributed by atoms with Crippen LogP contribution in [0, 0.1) is 6.92 Å². The van der Waals surface area contributed by atoms with Gasteiger partial charge in [-0.2, -0.15) is 5.10 Å². The first-order valence-corrected chi connectivity index (χ1v) is 12.8. The van der Waals surface area contributed by atoms with E-state index in [1.807, 2.05) is 54.1 Å². The van der Waals surface area contributed by atoms with Crippen molar-refractivity contribution in [3.63, 3.8) is 0 Å². The third-order valence-corrected chi connectivity index (χ3v) is 7.21. The Morgan fingerprint density at radius 1 is 1.03 bits per heavy atom. The summed E-state index contributed by atoms with van der Waals surface area (Å²) >= 11 is 0. The minimum atomic E-state index is -0.273. The lowest BCUT2D eigenvalue weighted by Gasteiger charge is -2.32. The second-order valence-electron chi connectivity index (χ2n) is 10.0. The van der Waals surface area contributed by atoms with Gasteiger partial charge in [0.15, 0.2) is 5.69 Å². The van der Waals surface area contributed by atoms with Gasteiger partial charge in [-0.15, -0.1) is 0 Å². The molecule has 1 atom stereocenters. The SMILES string of the molecule is Cc1cccc(NC(=O)c2nn(Cc3cccc4ccccc34)c3c2CN(C(=O)c2ccc[nH]2)C[C@H]3C)c1. The molecule has 1 aliphatic rings. The van der Waals surface area contributed by atoms with Gasteiger partial charge in [-0.3, -0.25) is 14.3 Å². The highest BCUT2D eigenvalue weighted by Gasteiger charge is 2.34. The lowest BCUT2D eigenvalue weighted by Crippen LogP contribution is -2.38. The molecule has 2 N–H and O–H groups in total. The summed E-state index contributed by atoms with van der Waals surface area (Å²) < 4.78 is 1.96. The van der Waals surface area contributed by atoms with E-state index >= 15 is 0 Å². The molecule has 0 radical (unpaired) electrons. The van der Waals surface area contributed by atoms with Crippen molar-refractivity contribution in [1.29, 1.82) is 0 Å². The van der Waals surface area contributed by atoms with E-state index in [-0.39, 0.29) is 17.7 Å². The maximum absolute atomic E-state index is 13.6. The number of carbonyl (C=O) groups is 2. The third kappa shape index (κ3) is 4.36. The molecular weight excluding hydrogens is 474 g/mol. The van der Waals surface area contributed by atoms with Crippen LogP contribution in [0.1, 0.15) is 56.2 Å². The van der Waals surface area contributed by atoms with Crippen molar-refractivity contribution >= 4 is 28.3 Å². The molecule has 38 heavy (non-hydrogen) atoms. The fourth-order valence-corrected chi connectivity index (χ4v) is 5.49. The second kappa shape index (κ2) is 9.67. The van der Waals surface area contributed by atoms with Crippen molar-refractivity contribution in [2.75, 3.05) is 11.9 Å². The van der Waals surface area contributed by atoms with Crippen LogP contribution in [0.25, 0.3) is 10.8 Å². The Balaban J connectivity index is 1.41. The van der Waals surface area contributed by atoms with E-state index in [0.717, 1.165) is 33.5 Å². The molecular formula is C31H29N5O2. The number of aryl methyl sites for hydroxylation is 1. The van der Waals surface area contributed by atoms with E-state index in [2.05, 4.69) is 47.6 Å². The zero-order chi connectivity index (χ0) is 26.2. The Morgan fingerprint density at radius 2 is 1.84 bits per heavy atom. The number of hydrogen-bond acceptors (Lipinski definition) is 3. The standard InChI is InChI=1S/C31H29N5O2/c1-20-8-5-12-24(16-20)33-30(37)28-26-19-35(31(38)27-14-7-15-32-27)17-21(2)29(26)36(34-28)18-23-11-6-10-22-9-3-4-13-25(22)23/h3-16,21,32H,17-19H2,1-2H3,(H,33,37)/t21-/m1/s1.